The van der Waals surface area contributed by atoms with E-state index in [9.17, 15) is 4.79 Å². The number of rotatable bonds is 4. The third kappa shape index (κ3) is 3.11. The van der Waals surface area contributed by atoms with Crippen LogP contribution in [-0.2, 0) is 0 Å². The van der Waals surface area contributed by atoms with Crippen LogP contribution < -0.4 is 5.73 Å². The molecule has 0 bridgehead atoms. The maximum absolute atomic E-state index is 12.0. The molecule has 0 radical (unpaired) electrons. The highest BCUT2D eigenvalue weighted by Crippen LogP contribution is 2.30. The van der Waals surface area contributed by atoms with Gasteiger partial charge < -0.3 is 5.73 Å². The summed E-state index contributed by atoms with van der Waals surface area (Å²) in [4.78, 5) is 13.3. The molecule has 0 unspecified atom stereocenters. The van der Waals surface area contributed by atoms with Gasteiger partial charge in [-0.25, -0.2) is 0 Å². The van der Waals surface area contributed by atoms with Gasteiger partial charge in [0, 0.05) is 27.7 Å². The largest absolute Gasteiger partial charge is 0.328 e. The second kappa shape index (κ2) is 5.23. The SMILES string of the molecule is CC(C)Sc1ccc(C(=O)C2CC(N)C2)cc1. The minimum absolute atomic E-state index is 0.161. The fourth-order valence-electron chi connectivity index (χ4n) is 2.08. The Morgan fingerprint density at radius 1 is 1.29 bits per heavy atom. The van der Waals surface area contributed by atoms with E-state index in [4.69, 9.17) is 5.73 Å². The van der Waals surface area contributed by atoms with E-state index in [1.807, 2.05) is 36.0 Å². The molecule has 2 nitrogen and oxygen atoms in total. The zero-order valence-corrected chi connectivity index (χ0v) is 11.2. The zero-order valence-electron chi connectivity index (χ0n) is 10.3. The molecule has 0 aliphatic heterocycles. The summed E-state index contributed by atoms with van der Waals surface area (Å²) in [5, 5.41) is 0.571. The first-order chi connectivity index (χ1) is 8.06. The van der Waals surface area contributed by atoms with E-state index in [0.717, 1.165) is 18.4 Å². The normalized spacial score (nSPS) is 23.5. The van der Waals surface area contributed by atoms with Crippen LogP contribution in [0, 0.1) is 5.92 Å². The average Bonchev–Trinajstić information content (AvgIpc) is 2.24. The third-order valence-corrected chi connectivity index (χ3v) is 4.07. The minimum Gasteiger partial charge on any atom is -0.328 e. The molecular weight excluding hydrogens is 230 g/mol. The Morgan fingerprint density at radius 2 is 1.88 bits per heavy atom. The Hall–Kier alpha value is -0.800. The second-order valence-electron chi connectivity index (χ2n) is 4.98. The van der Waals surface area contributed by atoms with Crippen molar-refractivity contribution < 1.29 is 4.79 Å². The van der Waals surface area contributed by atoms with E-state index in [0.29, 0.717) is 5.25 Å². The molecule has 0 aromatic heterocycles. The molecule has 1 aliphatic rings. The van der Waals surface area contributed by atoms with Gasteiger partial charge in [0.2, 0.25) is 0 Å². The van der Waals surface area contributed by atoms with Crippen molar-refractivity contribution in [3.05, 3.63) is 29.8 Å². The van der Waals surface area contributed by atoms with E-state index in [1.54, 1.807) is 0 Å². The van der Waals surface area contributed by atoms with Crippen molar-refractivity contribution in [3.8, 4) is 0 Å². The number of carbonyl (C=O) groups is 1. The van der Waals surface area contributed by atoms with Crippen molar-refractivity contribution in [2.45, 2.75) is 42.9 Å². The predicted octanol–water partition coefficient (Wildman–Crippen LogP) is 3.11. The number of carbonyl (C=O) groups excluding carboxylic acids is 1. The molecule has 17 heavy (non-hydrogen) atoms. The smallest absolute Gasteiger partial charge is 0.166 e. The second-order valence-corrected chi connectivity index (χ2v) is 6.63. The van der Waals surface area contributed by atoms with Crippen LogP contribution in [0.1, 0.15) is 37.0 Å². The molecule has 0 atom stereocenters. The monoisotopic (exact) mass is 249 g/mol. The first kappa shape index (κ1) is 12.7. The third-order valence-electron chi connectivity index (χ3n) is 3.06. The molecule has 92 valence electrons. The number of Topliss-reactive ketones (excluding diaryl/α,β-unsaturated/α-hetero) is 1. The highest BCUT2D eigenvalue weighted by Gasteiger charge is 2.32. The van der Waals surface area contributed by atoms with Crippen LogP contribution in [0.3, 0.4) is 0 Å². The Kier molecular flexibility index (Phi) is 3.89. The van der Waals surface area contributed by atoms with Crippen LogP contribution in [0.2, 0.25) is 0 Å². The molecule has 3 heteroatoms. The Labute approximate surface area is 107 Å². The van der Waals surface area contributed by atoms with Gasteiger partial charge in [-0.3, -0.25) is 4.79 Å². The first-order valence-corrected chi connectivity index (χ1v) is 7.00. The Morgan fingerprint density at radius 3 is 2.35 bits per heavy atom. The quantitative estimate of drug-likeness (QED) is 0.658. The first-order valence-electron chi connectivity index (χ1n) is 6.13. The minimum atomic E-state index is 0.161. The van der Waals surface area contributed by atoms with E-state index in [2.05, 4.69) is 13.8 Å². The van der Waals surface area contributed by atoms with Crippen molar-refractivity contribution >= 4 is 17.5 Å². The number of hydrogen-bond acceptors (Lipinski definition) is 3. The lowest BCUT2D eigenvalue weighted by atomic mass is 9.76. The molecule has 0 saturated heterocycles. The fourth-order valence-corrected chi connectivity index (χ4v) is 2.92. The highest BCUT2D eigenvalue weighted by atomic mass is 32.2. The van der Waals surface area contributed by atoms with Crippen LogP contribution in [0.15, 0.2) is 29.2 Å². The molecule has 1 fully saturated rings. The Balaban J connectivity index is 2.00. The number of ketones is 1. The van der Waals surface area contributed by atoms with Crippen LogP contribution in [0.5, 0.6) is 0 Å². The van der Waals surface area contributed by atoms with Gasteiger partial charge in [-0.1, -0.05) is 26.0 Å². The molecular formula is C14H19NOS. The number of hydrogen-bond donors (Lipinski definition) is 1. The Bertz CT molecular complexity index is 393. The molecule has 1 aliphatic carbocycles. The molecule has 2 N–H and O–H groups in total. The van der Waals surface area contributed by atoms with Crippen LogP contribution in [0.4, 0.5) is 0 Å². The molecule has 0 spiro atoms. The van der Waals surface area contributed by atoms with Crippen LogP contribution in [0.25, 0.3) is 0 Å². The maximum atomic E-state index is 12.0. The number of thioether (sulfide) groups is 1. The van der Waals surface area contributed by atoms with E-state index in [-0.39, 0.29) is 17.7 Å². The van der Waals surface area contributed by atoms with Crippen LogP contribution >= 0.6 is 11.8 Å². The lowest BCUT2D eigenvalue weighted by Gasteiger charge is -2.31. The summed E-state index contributed by atoms with van der Waals surface area (Å²) in [6.07, 6.45) is 1.70. The van der Waals surface area contributed by atoms with E-state index < -0.39 is 0 Å². The lowest BCUT2D eigenvalue weighted by Crippen LogP contribution is -2.40. The zero-order chi connectivity index (χ0) is 12.4. The van der Waals surface area contributed by atoms with E-state index in [1.165, 1.54) is 4.90 Å². The topological polar surface area (TPSA) is 43.1 Å². The highest BCUT2D eigenvalue weighted by molar-refractivity contribution is 7.99. The molecule has 1 aromatic rings. The predicted molar refractivity (Wildman–Crippen MR) is 72.5 cm³/mol. The standard InChI is InChI=1S/C14H19NOS/c1-9(2)17-13-5-3-10(4-6-13)14(16)11-7-12(15)8-11/h3-6,9,11-12H,7-8,15H2,1-2H3. The van der Waals surface area contributed by atoms with Gasteiger partial charge in [-0.15, -0.1) is 11.8 Å². The van der Waals surface area contributed by atoms with Crippen molar-refractivity contribution in [1.82, 2.24) is 0 Å². The maximum Gasteiger partial charge on any atom is 0.166 e. The molecule has 2 rings (SSSR count). The average molecular weight is 249 g/mol. The van der Waals surface area contributed by atoms with Crippen LogP contribution in [-0.4, -0.2) is 17.1 Å². The van der Waals surface area contributed by atoms with Crippen molar-refractivity contribution in [1.29, 1.82) is 0 Å². The summed E-state index contributed by atoms with van der Waals surface area (Å²) < 4.78 is 0. The van der Waals surface area contributed by atoms with Crippen molar-refractivity contribution in [2.24, 2.45) is 11.7 Å². The van der Waals surface area contributed by atoms with Gasteiger partial charge in [-0.2, -0.15) is 0 Å². The van der Waals surface area contributed by atoms with Crippen molar-refractivity contribution in [3.63, 3.8) is 0 Å². The summed E-state index contributed by atoms with van der Waals surface area (Å²) in [5.74, 6) is 0.418. The summed E-state index contributed by atoms with van der Waals surface area (Å²) in [7, 11) is 0. The number of nitrogens with two attached hydrogens (primary N) is 1. The molecule has 1 saturated carbocycles. The summed E-state index contributed by atoms with van der Waals surface area (Å²) in [5.41, 5.74) is 6.54. The van der Waals surface area contributed by atoms with Gasteiger partial charge >= 0.3 is 0 Å². The number of benzene rings is 1. The van der Waals surface area contributed by atoms with Gasteiger partial charge in [-0.05, 0) is 25.0 Å². The molecule has 1 aromatic carbocycles. The molecule has 0 heterocycles. The summed E-state index contributed by atoms with van der Waals surface area (Å²) in [6, 6.07) is 8.19. The summed E-state index contributed by atoms with van der Waals surface area (Å²) >= 11 is 1.82. The van der Waals surface area contributed by atoms with Gasteiger partial charge in [0.15, 0.2) is 5.78 Å². The van der Waals surface area contributed by atoms with Gasteiger partial charge in [0.25, 0.3) is 0 Å². The van der Waals surface area contributed by atoms with Crippen molar-refractivity contribution in [2.75, 3.05) is 0 Å². The van der Waals surface area contributed by atoms with Gasteiger partial charge in [0.05, 0.1) is 0 Å². The van der Waals surface area contributed by atoms with Gasteiger partial charge in [0.1, 0.15) is 0 Å². The molecule has 0 amide bonds. The van der Waals surface area contributed by atoms with E-state index >= 15 is 0 Å². The summed E-state index contributed by atoms with van der Waals surface area (Å²) in [6.45, 7) is 4.33. The lowest BCUT2D eigenvalue weighted by molar-refractivity contribution is 0.0832. The fraction of sp³-hybridized carbons (Fsp3) is 0.500.